The molecule has 0 fully saturated rings. The van der Waals surface area contributed by atoms with E-state index < -0.39 is 5.56 Å². The lowest BCUT2D eigenvalue weighted by Crippen LogP contribution is -2.09. The van der Waals surface area contributed by atoms with Crippen molar-refractivity contribution in [3.8, 4) is 5.75 Å². The van der Waals surface area contributed by atoms with Gasteiger partial charge >= 0.3 is 0 Å². The predicted molar refractivity (Wildman–Crippen MR) is 60.3 cm³/mol. The Labute approximate surface area is 87.4 Å². The number of fused-ring (bicyclic) bond motifs is 1. The second-order valence-electron chi connectivity index (χ2n) is 3.92. The van der Waals surface area contributed by atoms with E-state index in [0.717, 1.165) is 10.9 Å². The standard InChI is InChI=1S/C12H13NO2/c1-7(2)10-8-5-3-4-6-9(8)13-12(15)11(10)14/h3-7,14H,1-2H3,(H,13,15). The van der Waals surface area contributed by atoms with E-state index in [0.29, 0.717) is 5.56 Å². The lowest BCUT2D eigenvalue weighted by molar-refractivity contribution is 0.458. The van der Waals surface area contributed by atoms with E-state index in [1.54, 1.807) is 0 Å². The summed E-state index contributed by atoms with van der Waals surface area (Å²) in [4.78, 5) is 14.1. The van der Waals surface area contributed by atoms with Gasteiger partial charge in [-0.05, 0) is 12.0 Å². The maximum atomic E-state index is 11.5. The van der Waals surface area contributed by atoms with E-state index in [-0.39, 0.29) is 11.7 Å². The second-order valence-corrected chi connectivity index (χ2v) is 3.92. The van der Waals surface area contributed by atoms with Crippen molar-refractivity contribution in [2.24, 2.45) is 0 Å². The summed E-state index contributed by atoms with van der Waals surface area (Å²) in [5.74, 6) is -0.0408. The molecule has 0 aliphatic heterocycles. The summed E-state index contributed by atoms with van der Waals surface area (Å²) in [5.41, 5.74) is 1.07. The summed E-state index contributed by atoms with van der Waals surface area (Å²) in [6.45, 7) is 3.92. The van der Waals surface area contributed by atoms with Crippen LogP contribution in [0.2, 0.25) is 0 Å². The Morgan fingerprint density at radius 2 is 1.93 bits per heavy atom. The zero-order valence-electron chi connectivity index (χ0n) is 8.74. The van der Waals surface area contributed by atoms with Crippen LogP contribution in [0.25, 0.3) is 10.9 Å². The largest absolute Gasteiger partial charge is 0.503 e. The van der Waals surface area contributed by atoms with Gasteiger partial charge in [-0.15, -0.1) is 0 Å². The summed E-state index contributed by atoms with van der Waals surface area (Å²) < 4.78 is 0. The third-order valence-corrected chi connectivity index (χ3v) is 2.51. The molecule has 0 spiro atoms. The summed E-state index contributed by atoms with van der Waals surface area (Å²) >= 11 is 0. The molecule has 0 aliphatic carbocycles. The van der Waals surface area contributed by atoms with Crippen molar-refractivity contribution in [1.82, 2.24) is 4.98 Å². The molecule has 3 nitrogen and oxygen atoms in total. The van der Waals surface area contributed by atoms with E-state index in [2.05, 4.69) is 4.98 Å². The van der Waals surface area contributed by atoms with Gasteiger partial charge in [0.2, 0.25) is 0 Å². The van der Waals surface area contributed by atoms with Gasteiger partial charge in [0.15, 0.2) is 5.75 Å². The average molecular weight is 203 g/mol. The molecule has 0 saturated carbocycles. The van der Waals surface area contributed by atoms with Gasteiger partial charge in [-0.1, -0.05) is 32.0 Å². The summed E-state index contributed by atoms with van der Waals surface area (Å²) in [6.07, 6.45) is 0. The minimum atomic E-state index is -0.419. The van der Waals surface area contributed by atoms with Gasteiger partial charge in [-0.25, -0.2) is 0 Å². The molecule has 0 aliphatic rings. The number of pyridine rings is 1. The maximum Gasteiger partial charge on any atom is 0.290 e. The van der Waals surface area contributed by atoms with Crippen molar-refractivity contribution in [3.05, 3.63) is 40.2 Å². The van der Waals surface area contributed by atoms with Crippen LogP contribution in [0.5, 0.6) is 5.75 Å². The normalized spacial score (nSPS) is 11.1. The topological polar surface area (TPSA) is 53.1 Å². The Kier molecular flexibility index (Phi) is 2.23. The number of aromatic hydroxyl groups is 1. The fraction of sp³-hybridized carbons (Fsp3) is 0.250. The molecule has 1 aromatic carbocycles. The Bertz CT molecular complexity index is 555. The molecule has 3 heteroatoms. The van der Waals surface area contributed by atoms with E-state index in [4.69, 9.17) is 0 Å². The van der Waals surface area contributed by atoms with E-state index in [1.807, 2.05) is 38.1 Å². The van der Waals surface area contributed by atoms with Crippen LogP contribution < -0.4 is 5.56 Å². The van der Waals surface area contributed by atoms with Gasteiger partial charge in [0.1, 0.15) is 0 Å². The highest BCUT2D eigenvalue weighted by atomic mass is 16.3. The van der Waals surface area contributed by atoms with Crippen LogP contribution in [0.3, 0.4) is 0 Å². The van der Waals surface area contributed by atoms with Gasteiger partial charge in [0.05, 0.1) is 0 Å². The maximum absolute atomic E-state index is 11.5. The summed E-state index contributed by atoms with van der Waals surface area (Å²) in [5, 5.41) is 10.6. The molecule has 0 unspecified atom stereocenters. The first-order chi connectivity index (χ1) is 7.11. The number of rotatable bonds is 1. The molecule has 15 heavy (non-hydrogen) atoms. The number of H-pyrrole nitrogens is 1. The number of nitrogens with one attached hydrogen (secondary N) is 1. The van der Waals surface area contributed by atoms with E-state index in [1.165, 1.54) is 0 Å². The highest BCUT2D eigenvalue weighted by Crippen LogP contribution is 2.28. The van der Waals surface area contributed by atoms with Gasteiger partial charge in [-0.3, -0.25) is 4.79 Å². The number of benzene rings is 1. The van der Waals surface area contributed by atoms with Crippen molar-refractivity contribution >= 4 is 10.9 Å². The van der Waals surface area contributed by atoms with Gasteiger partial charge in [0.25, 0.3) is 5.56 Å². The molecule has 0 amide bonds. The highest BCUT2D eigenvalue weighted by Gasteiger charge is 2.13. The molecule has 2 N–H and O–H groups in total. The van der Waals surface area contributed by atoms with Crippen LogP contribution in [-0.2, 0) is 0 Å². The fourth-order valence-corrected chi connectivity index (χ4v) is 1.84. The van der Waals surface area contributed by atoms with Crippen molar-refractivity contribution in [2.75, 3.05) is 0 Å². The van der Waals surface area contributed by atoms with Crippen LogP contribution in [0, 0.1) is 0 Å². The van der Waals surface area contributed by atoms with E-state index in [9.17, 15) is 9.90 Å². The quantitative estimate of drug-likeness (QED) is 0.747. The second kappa shape index (κ2) is 3.42. The smallest absolute Gasteiger partial charge is 0.290 e. The lowest BCUT2D eigenvalue weighted by Gasteiger charge is -2.11. The van der Waals surface area contributed by atoms with Gasteiger partial charge in [-0.2, -0.15) is 0 Å². The summed E-state index contributed by atoms with van der Waals surface area (Å²) in [7, 11) is 0. The highest BCUT2D eigenvalue weighted by molar-refractivity contribution is 5.84. The molecular weight excluding hydrogens is 190 g/mol. The molecule has 1 heterocycles. The third kappa shape index (κ3) is 1.50. The number of para-hydroxylation sites is 1. The molecule has 0 bridgehead atoms. The monoisotopic (exact) mass is 203 g/mol. The van der Waals surface area contributed by atoms with Crippen LogP contribution in [0.4, 0.5) is 0 Å². The first-order valence-corrected chi connectivity index (χ1v) is 4.95. The predicted octanol–water partition coefficient (Wildman–Crippen LogP) is 2.36. The molecule has 78 valence electrons. The van der Waals surface area contributed by atoms with Crippen molar-refractivity contribution in [1.29, 1.82) is 0 Å². The zero-order valence-corrected chi connectivity index (χ0v) is 8.74. The van der Waals surface area contributed by atoms with Crippen LogP contribution in [0.1, 0.15) is 25.3 Å². The first-order valence-electron chi connectivity index (χ1n) is 4.95. The number of aromatic amines is 1. The van der Waals surface area contributed by atoms with Gasteiger partial charge in [0, 0.05) is 16.5 Å². The van der Waals surface area contributed by atoms with Gasteiger partial charge < -0.3 is 10.1 Å². The SMILES string of the molecule is CC(C)c1c(O)c(=O)[nH]c2ccccc12. The Morgan fingerprint density at radius 1 is 1.27 bits per heavy atom. The lowest BCUT2D eigenvalue weighted by atomic mass is 9.98. The zero-order chi connectivity index (χ0) is 11.0. The molecule has 2 rings (SSSR count). The minimum Gasteiger partial charge on any atom is -0.503 e. The van der Waals surface area contributed by atoms with E-state index >= 15 is 0 Å². The molecule has 2 aromatic rings. The fourth-order valence-electron chi connectivity index (χ4n) is 1.84. The third-order valence-electron chi connectivity index (χ3n) is 2.51. The number of hydrogen-bond donors (Lipinski definition) is 2. The molecule has 0 radical (unpaired) electrons. The molecule has 0 atom stereocenters. The van der Waals surface area contributed by atoms with Crippen molar-refractivity contribution in [2.45, 2.75) is 19.8 Å². The van der Waals surface area contributed by atoms with Crippen molar-refractivity contribution < 1.29 is 5.11 Å². The van der Waals surface area contributed by atoms with Crippen LogP contribution >= 0.6 is 0 Å². The average Bonchev–Trinajstić information content (AvgIpc) is 2.19. The summed E-state index contributed by atoms with van der Waals surface area (Å²) in [6, 6.07) is 7.49. The molecule has 0 saturated heterocycles. The molecular formula is C12H13NO2. The minimum absolute atomic E-state index is 0.122. The Morgan fingerprint density at radius 3 is 2.60 bits per heavy atom. The number of hydrogen-bond acceptors (Lipinski definition) is 2. The van der Waals surface area contributed by atoms with Crippen molar-refractivity contribution in [3.63, 3.8) is 0 Å². The Balaban J connectivity index is 2.96. The number of aromatic nitrogens is 1. The Hall–Kier alpha value is -1.77. The van der Waals surface area contributed by atoms with Crippen LogP contribution in [-0.4, -0.2) is 10.1 Å². The molecule has 1 aromatic heterocycles. The van der Waals surface area contributed by atoms with Crippen LogP contribution in [0.15, 0.2) is 29.1 Å². The first kappa shape index (κ1) is 9.77.